The Balaban J connectivity index is 3.34. The summed E-state index contributed by atoms with van der Waals surface area (Å²) in [6.07, 6.45) is 0.00194. The molecule has 54 valence electrons. The van der Waals surface area contributed by atoms with Gasteiger partial charge >= 0.3 is 5.97 Å². The second kappa shape index (κ2) is 4.32. The molecule has 0 aliphatic carbocycles. The number of aliphatic hydroxyl groups is 1. The molecular formula is C6H12O3. The summed E-state index contributed by atoms with van der Waals surface area (Å²) in [6, 6.07) is 0. The fraction of sp³-hybridized carbons (Fsp3) is 0.833. The van der Waals surface area contributed by atoms with Gasteiger partial charge in [-0.1, -0.05) is 6.92 Å². The van der Waals surface area contributed by atoms with Crippen LogP contribution < -0.4 is 0 Å². The van der Waals surface area contributed by atoms with Gasteiger partial charge in [-0.25, -0.2) is 0 Å². The average molecular weight is 132 g/mol. The van der Waals surface area contributed by atoms with Crippen molar-refractivity contribution in [2.75, 3.05) is 6.61 Å². The van der Waals surface area contributed by atoms with Gasteiger partial charge in [0.15, 0.2) is 0 Å². The Morgan fingerprint density at radius 1 is 1.78 bits per heavy atom. The molecule has 0 aliphatic rings. The first-order valence-electron chi connectivity index (χ1n) is 3.01. The van der Waals surface area contributed by atoms with Crippen molar-refractivity contribution in [1.29, 1.82) is 0 Å². The van der Waals surface area contributed by atoms with Crippen LogP contribution >= 0.6 is 0 Å². The number of hydrogen-bond donors (Lipinski definition) is 1. The first-order valence-corrected chi connectivity index (χ1v) is 3.01. The summed E-state index contributed by atoms with van der Waals surface area (Å²) in [6.45, 7) is 3.26. The molecule has 3 nitrogen and oxygen atoms in total. The van der Waals surface area contributed by atoms with Crippen LogP contribution in [0.3, 0.4) is 0 Å². The van der Waals surface area contributed by atoms with Crippen LogP contribution in [0.25, 0.3) is 0 Å². The van der Waals surface area contributed by atoms with Crippen LogP contribution in [-0.2, 0) is 9.53 Å². The first kappa shape index (κ1) is 8.43. The number of hydrogen-bond acceptors (Lipinski definition) is 3. The molecule has 0 bridgehead atoms. The zero-order chi connectivity index (χ0) is 7.28. The minimum absolute atomic E-state index is 0.105. The van der Waals surface area contributed by atoms with Crippen LogP contribution in [0.2, 0.25) is 0 Å². The van der Waals surface area contributed by atoms with Gasteiger partial charge in [-0.3, -0.25) is 4.79 Å². The molecule has 0 saturated carbocycles. The number of rotatable bonds is 3. The van der Waals surface area contributed by atoms with E-state index in [0.717, 1.165) is 0 Å². The van der Waals surface area contributed by atoms with Gasteiger partial charge in [0, 0.05) is 6.42 Å². The highest BCUT2D eigenvalue weighted by Crippen LogP contribution is 1.91. The lowest BCUT2D eigenvalue weighted by Crippen LogP contribution is -2.17. The van der Waals surface area contributed by atoms with Crippen molar-refractivity contribution in [1.82, 2.24) is 0 Å². The van der Waals surface area contributed by atoms with E-state index >= 15 is 0 Å². The van der Waals surface area contributed by atoms with Gasteiger partial charge in [0.05, 0.1) is 6.61 Å². The van der Waals surface area contributed by atoms with Crippen LogP contribution in [0.1, 0.15) is 20.3 Å². The molecule has 0 spiro atoms. The topological polar surface area (TPSA) is 46.5 Å². The lowest BCUT2D eigenvalue weighted by Gasteiger charge is -2.07. The van der Waals surface area contributed by atoms with Crippen LogP contribution in [-0.4, -0.2) is 23.8 Å². The van der Waals surface area contributed by atoms with Gasteiger partial charge in [0.25, 0.3) is 0 Å². The maximum Gasteiger partial charge on any atom is 0.305 e. The minimum atomic E-state index is -0.363. The van der Waals surface area contributed by atoms with Crippen molar-refractivity contribution in [3.63, 3.8) is 0 Å². The lowest BCUT2D eigenvalue weighted by molar-refractivity contribution is -0.149. The van der Waals surface area contributed by atoms with Crippen molar-refractivity contribution in [2.24, 2.45) is 0 Å². The van der Waals surface area contributed by atoms with Gasteiger partial charge in [0.2, 0.25) is 0 Å². The summed E-state index contributed by atoms with van der Waals surface area (Å²) in [5.74, 6) is -0.267. The Morgan fingerprint density at radius 2 is 2.33 bits per heavy atom. The van der Waals surface area contributed by atoms with Crippen molar-refractivity contribution in [3.05, 3.63) is 0 Å². The second-order valence-electron chi connectivity index (χ2n) is 1.84. The average Bonchev–Trinajstić information content (AvgIpc) is 1.87. The molecule has 0 radical (unpaired) electrons. The van der Waals surface area contributed by atoms with Crippen molar-refractivity contribution < 1.29 is 14.6 Å². The molecular weight excluding hydrogens is 120 g/mol. The largest absolute Gasteiger partial charge is 0.460 e. The van der Waals surface area contributed by atoms with E-state index in [1.807, 2.05) is 0 Å². The predicted molar refractivity (Wildman–Crippen MR) is 32.9 cm³/mol. The van der Waals surface area contributed by atoms with Crippen molar-refractivity contribution >= 4 is 5.97 Å². The number of aliphatic hydroxyl groups excluding tert-OH is 1. The minimum Gasteiger partial charge on any atom is -0.460 e. The van der Waals surface area contributed by atoms with Crippen molar-refractivity contribution in [3.8, 4) is 0 Å². The number of carbonyl (C=O) groups is 1. The van der Waals surface area contributed by atoms with Gasteiger partial charge in [0.1, 0.15) is 6.10 Å². The maximum absolute atomic E-state index is 10.4. The van der Waals surface area contributed by atoms with Crippen LogP contribution in [0, 0.1) is 0 Å². The normalized spacial score (nSPS) is 12.8. The molecule has 0 aromatic heterocycles. The lowest BCUT2D eigenvalue weighted by atomic mass is 10.4. The summed E-state index contributed by atoms with van der Waals surface area (Å²) in [4.78, 5) is 10.4. The molecule has 0 heterocycles. The zero-order valence-electron chi connectivity index (χ0n) is 5.76. The maximum atomic E-state index is 10.4. The summed E-state index contributed by atoms with van der Waals surface area (Å²) in [5, 5.41) is 8.40. The number of esters is 1. The van der Waals surface area contributed by atoms with Crippen LogP contribution in [0.15, 0.2) is 0 Å². The fourth-order valence-corrected chi connectivity index (χ4v) is 0.345. The zero-order valence-corrected chi connectivity index (χ0v) is 5.76. The Labute approximate surface area is 54.6 Å². The molecule has 9 heavy (non-hydrogen) atoms. The molecule has 1 N–H and O–H groups in total. The SMILES string of the molecule is CCC(=O)O[C@H](C)CO. The van der Waals surface area contributed by atoms with E-state index in [2.05, 4.69) is 4.74 Å². The monoisotopic (exact) mass is 132 g/mol. The number of carbonyl (C=O) groups excluding carboxylic acids is 1. The number of ether oxygens (including phenoxy) is 1. The van der Waals surface area contributed by atoms with Gasteiger partial charge in [-0.2, -0.15) is 0 Å². The van der Waals surface area contributed by atoms with Crippen LogP contribution in [0.4, 0.5) is 0 Å². The Hall–Kier alpha value is -0.570. The molecule has 0 rings (SSSR count). The fourth-order valence-electron chi connectivity index (χ4n) is 0.345. The summed E-state index contributed by atoms with van der Waals surface area (Å²) >= 11 is 0. The van der Waals surface area contributed by atoms with Crippen LogP contribution in [0.5, 0.6) is 0 Å². The smallest absolute Gasteiger partial charge is 0.305 e. The molecule has 0 unspecified atom stereocenters. The highest BCUT2D eigenvalue weighted by atomic mass is 16.5. The second-order valence-corrected chi connectivity index (χ2v) is 1.84. The Morgan fingerprint density at radius 3 is 2.67 bits per heavy atom. The van der Waals surface area contributed by atoms with Gasteiger partial charge < -0.3 is 9.84 Å². The highest BCUT2D eigenvalue weighted by molar-refractivity contribution is 5.69. The van der Waals surface area contributed by atoms with E-state index in [0.29, 0.717) is 6.42 Å². The van der Waals surface area contributed by atoms with Gasteiger partial charge in [-0.15, -0.1) is 0 Å². The van der Waals surface area contributed by atoms with E-state index in [1.165, 1.54) is 0 Å². The standard InChI is InChI=1S/C6H12O3/c1-3-6(8)9-5(2)4-7/h5,7H,3-4H2,1-2H3/t5-/m1/s1. The van der Waals surface area contributed by atoms with E-state index in [1.54, 1.807) is 13.8 Å². The van der Waals surface area contributed by atoms with Crippen molar-refractivity contribution in [2.45, 2.75) is 26.4 Å². The third-order valence-electron chi connectivity index (χ3n) is 0.878. The van der Waals surface area contributed by atoms with Gasteiger partial charge in [-0.05, 0) is 6.92 Å². The molecule has 0 aliphatic heterocycles. The molecule has 0 aromatic rings. The third-order valence-corrected chi connectivity index (χ3v) is 0.878. The molecule has 0 fully saturated rings. The quantitative estimate of drug-likeness (QED) is 0.562. The Bertz CT molecular complexity index is 90.3. The summed E-state index contributed by atoms with van der Waals surface area (Å²) < 4.78 is 4.66. The van der Waals surface area contributed by atoms with E-state index in [-0.39, 0.29) is 18.7 Å². The summed E-state index contributed by atoms with van der Waals surface area (Å²) in [5.41, 5.74) is 0. The third kappa shape index (κ3) is 3.97. The molecule has 0 aromatic carbocycles. The first-order chi connectivity index (χ1) is 4.20. The Kier molecular flexibility index (Phi) is 4.05. The molecule has 0 saturated heterocycles. The van der Waals surface area contributed by atoms with E-state index < -0.39 is 0 Å². The molecule has 3 heteroatoms. The molecule has 0 amide bonds. The van der Waals surface area contributed by atoms with E-state index in [9.17, 15) is 4.79 Å². The van der Waals surface area contributed by atoms with E-state index in [4.69, 9.17) is 5.11 Å². The molecule has 1 atom stereocenters. The summed E-state index contributed by atoms with van der Waals surface area (Å²) in [7, 11) is 0. The predicted octanol–water partition coefficient (Wildman–Crippen LogP) is 0.320. The highest BCUT2D eigenvalue weighted by Gasteiger charge is 2.03.